The smallest absolute Gasteiger partial charge is 0.224 e. The average molecular weight is 247 g/mol. The van der Waals surface area contributed by atoms with E-state index in [2.05, 4.69) is 12.2 Å². The number of phenols is 1. The molecule has 0 radical (unpaired) electrons. The van der Waals surface area contributed by atoms with Gasteiger partial charge in [0.05, 0.1) is 6.42 Å². The molecule has 3 heteroatoms. The van der Waals surface area contributed by atoms with Gasteiger partial charge in [0, 0.05) is 6.54 Å². The molecule has 1 saturated carbocycles. The highest BCUT2D eigenvalue weighted by atomic mass is 16.3. The Morgan fingerprint density at radius 3 is 2.78 bits per heavy atom. The van der Waals surface area contributed by atoms with Crippen molar-refractivity contribution in [3.05, 3.63) is 29.8 Å². The SMILES string of the molecule is CCC1(CNC(=O)Cc2cccc(O)c2)CCC1. The van der Waals surface area contributed by atoms with E-state index in [0.717, 1.165) is 18.5 Å². The van der Waals surface area contributed by atoms with Crippen LogP contribution in [0.3, 0.4) is 0 Å². The van der Waals surface area contributed by atoms with Crippen LogP contribution in [-0.2, 0) is 11.2 Å². The first-order valence-electron chi connectivity index (χ1n) is 6.68. The van der Waals surface area contributed by atoms with Crippen LogP contribution in [0.15, 0.2) is 24.3 Å². The van der Waals surface area contributed by atoms with Crippen molar-refractivity contribution in [3.8, 4) is 5.75 Å². The van der Waals surface area contributed by atoms with Crippen molar-refractivity contribution in [1.29, 1.82) is 0 Å². The molecule has 0 saturated heterocycles. The van der Waals surface area contributed by atoms with Crippen molar-refractivity contribution in [1.82, 2.24) is 5.32 Å². The molecule has 0 heterocycles. The minimum absolute atomic E-state index is 0.0420. The van der Waals surface area contributed by atoms with Crippen LogP contribution in [-0.4, -0.2) is 17.6 Å². The lowest BCUT2D eigenvalue weighted by atomic mass is 9.67. The third-order valence-electron chi connectivity index (χ3n) is 4.10. The first-order valence-corrected chi connectivity index (χ1v) is 6.68. The van der Waals surface area contributed by atoms with E-state index in [4.69, 9.17) is 0 Å². The number of rotatable bonds is 5. The molecule has 1 aromatic rings. The summed E-state index contributed by atoms with van der Waals surface area (Å²) in [6, 6.07) is 6.87. The topological polar surface area (TPSA) is 49.3 Å². The lowest BCUT2D eigenvalue weighted by Gasteiger charge is -2.41. The number of nitrogens with one attached hydrogen (secondary N) is 1. The molecule has 1 aliphatic carbocycles. The van der Waals surface area contributed by atoms with Gasteiger partial charge in [-0.15, -0.1) is 0 Å². The first-order chi connectivity index (χ1) is 8.63. The van der Waals surface area contributed by atoms with Gasteiger partial charge in [-0.2, -0.15) is 0 Å². The summed E-state index contributed by atoms with van der Waals surface area (Å²) < 4.78 is 0. The Morgan fingerprint density at radius 2 is 2.22 bits per heavy atom. The van der Waals surface area contributed by atoms with Gasteiger partial charge in [0.2, 0.25) is 5.91 Å². The van der Waals surface area contributed by atoms with Crippen molar-refractivity contribution < 1.29 is 9.90 Å². The Labute approximate surface area is 108 Å². The molecule has 98 valence electrons. The van der Waals surface area contributed by atoms with Gasteiger partial charge in [-0.1, -0.05) is 25.5 Å². The summed E-state index contributed by atoms with van der Waals surface area (Å²) in [5, 5.41) is 12.4. The minimum atomic E-state index is 0.0420. The highest BCUT2D eigenvalue weighted by Gasteiger charge is 2.35. The highest BCUT2D eigenvalue weighted by Crippen LogP contribution is 2.42. The molecule has 2 N–H and O–H groups in total. The fourth-order valence-electron chi connectivity index (χ4n) is 2.53. The monoisotopic (exact) mass is 247 g/mol. The fourth-order valence-corrected chi connectivity index (χ4v) is 2.53. The maximum atomic E-state index is 11.8. The summed E-state index contributed by atoms with van der Waals surface area (Å²) in [6.07, 6.45) is 5.23. The van der Waals surface area contributed by atoms with E-state index in [1.807, 2.05) is 6.07 Å². The average Bonchev–Trinajstić information content (AvgIpc) is 2.28. The zero-order chi connectivity index (χ0) is 13.0. The maximum Gasteiger partial charge on any atom is 0.224 e. The van der Waals surface area contributed by atoms with Gasteiger partial charge in [0.1, 0.15) is 5.75 Å². The minimum Gasteiger partial charge on any atom is -0.508 e. The third kappa shape index (κ3) is 3.03. The zero-order valence-electron chi connectivity index (χ0n) is 10.9. The van der Waals surface area contributed by atoms with Crippen LogP contribution in [0.5, 0.6) is 5.75 Å². The van der Waals surface area contributed by atoms with Gasteiger partial charge >= 0.3 is 0 Å². The normalized spacial score (nSPS) is 16.9. The predicted octanol–water partition coefficient (Wildman–Crippen LogP) is 2.63. The van der Waals surface area contributed by atoms with Crippen LogP contribution < -0.4 is 5.32 Å². The Kier molecular flexibility index (Phi) is 3.90. The van der Waals surface area contributed by atoms with Gasteiger partial charge in [-0.3, -0.25) is 4.79 Å². The molecular formula is C15H21NO2. The molecule has 0 bridgehead atoms. The van der Waals surface area contributed by atoms with Crippen LogP contribution >= 0.6 is 0 Å². The largest absolute Gasteiger partial charge is 0.508 e. The first kappa shape index (κ1) is 12.9. The summed E-state index contributed by atoms with van der Waals surface area (Å²) in [5.41, 5.74) is 1.21. The second kappa shape index (κ2) is 5.42. The van der Waals surface area contributed by atoms with E-state index in [-0.39, 0.29) is 11.7 Å². The van der Waals surface area contributed by atoms with Crippen molar-refractivity contribution in [2.75, 3.05) is 6.54 Å². The number of hydrogen-bond donors (Lipinski definition) is 2. The van der Waals surface area contributed by atoms with Gasteiger partial charge in [0.15, 0.2) is 0 Å². The Morgan fingerprint density at radius 1 is 1.44 bits per heavy atom. The predicted molar refractivity (Wildman–Crippen MR) is 71.4 cm³/mol. The zero-order valence-corrected chi connectivity index (χ0v) is 10.9. The molecule has 1 aliphatic rings. The maximum absolute atomic E-state index is 11.8. The van der Waals surface area contributed by atoms with Crippen molar-refractivity contribution in [3.63, 3.8) is 0 Å². The quantitative estimate of drug-likeness (QED) is 0.840. The standard InChI is InChI=1S/C15H21NO2/c1-2-15(7-4-8-15)11-16-14(18)10-12-5-3-6-13(17)9-12/h3,5-6,9,17H,2,4,7-8,10-11H2,1H3,(H,16,18). The van der Waals surface area contributed by atoms with Gasteiger partial charge in [0.25, 0.3) is 0 Å². The summed E-state index contributed by atoms with van der Waals surface area (Å²) >= 11 is 0. The molecule has 18 heavy (non-hydrogen) atoms. The number of aromatic hydroxyl groups is 1. The van der Waals surface area contributed by atoms with Crippen molar-refractivity contribution >= 4 is 5.91 Å². The molecule has 1 fully saturated rings. The summed E-state index contributed by atoms with van der Waals surface area (Å²) in [7, 11) is 0. The van der Waals surface area contributed by atoms with Crippen LogP contribution in [0, 0.1) is 5.41 Å². The number of phenolic OH excluding ortho intramolecular Hbond substituents is 1. The molecule has 2 rings (SSSR count). The number of benzene rings is 1. The molecule has 0 aliphatic heterocycles. The van der Waals surface area contributed by atoms with E-state index in [1.165, 1.54) is 19.3 Å². The number of carbonyl (C=O) groups is 1. The van der Waals surface area contributed by atoms with E-state index in [9.17, 15) is 9.90 Å². The molecule has 1 aromatic carbocycles. The summed E-state index contributed by atoms with van der Waals surface area (Å²) in [6.45, 7) is 2.99. The number of amides is 1. The van der Waals surface area contributed by atoms with Crippen molar-refractivity contribution in [2.24, 2.45) is 5.41 Å². The van der Waals surface area contributed by atoms with Gasteiger partial charge in [-0.05, 0) is 42.4 Å². The molecule has 1 amide bonds. The van der Waals surface area contributed by atoms with Crippen LogP contribution in [0.2, 0.25) is 0 Å². The van der Waals surface area contributed by atoms with Gasteiger partial charge < -0.3 is 10.4 Å². The van der Waals surface area contributed by atoms with Crippen LogP contribution in [0.4, 0.5) is 0 Å². The van der Waals surface area contributed by atoms with Crippen molar-refractivity contribution in [2.45, 2.75) is 39.0 Å². The molecule has 0 aromatic heterocycles. The second-order valence-electron chi connectivity index (χ2n) is 5.33. The molecule has 0 spiro atoms. The van der Waals surface area contributed by atoms with E-state index in [0.29, 0.717) is 11.8 Å². The van der Waals surface area contributed by atoms with E-state index >= 15 is 0 Å². The fraction of sp³-hybridized carbons (Fsp3) is 0.533. The number of hydrogen-bond acceptors (Lipinski definition) is 2. The highest BCUT2D eigenvalue weighted by molar-refractivity contribution is 5.78. The van der Waals surface area contributed by atoms with E-state index in [1.54, 1.807) is 18.2 Å². The van der Waals surface area contributed by atoms with Gasteiger partial charge in [-0.25, -0.2) is 0 Å². The molecule has 0 unspecified atom stereocenters. The lowest BCUT2D eigenvalue weighted by Crippen LogP contribution is -2.42. The molecular weight excluding hydrogens is 226 g/mol. The summed E-state index contributed by atoms with van der Waals surface area (Å²) in [4.78, 5) is 11.8. The second-order valence-corrected chi connectivity index (χ2v) is 5.33. The Hall–Kier alpha value is -1.51. The Bertz CT molecular complexity index is 419. The van der Waals surface area contributed by atoms with Crippen LogP contribution in [0.1, 0.15) is 38.2 Å². The molecule has 0 atom stereocenters. The number of carbonyl (C=O) groups excluding carboxylic acids is 1. The molecule has 3 nitrogen and oxygen atoms in total. The Balaban J connectivity index is 1.82. The third-order valence-corrected chi connectivity index (χ3v) is 4.10. The van der Waals surface area contributed by atoms with E-state index < -0.39 is 0 Å². The van der Waals surface area contributed by atoms with Crippen LogP contribution in [0.25, 0.3) is 0 Å². The summed E-state index contributed by atoms with van der Waals surface area (Å²) in [5.74, 6) is 0.254. The lowest BCUT2D eigenvalue weighted by molar-refractivity contribution is -0.121.